The number of benzene rings is 2. The first-order valence-corrected chi connectivity index (χ1v) is 6.83. The molecule has 0 saturated carbocycles. The largest absolute Gasteiger partial charge is 1.00 e. The van der Waals surface area contributed by atoms with Crippen molar-refractivity contribution in [2.24, 2.45) is 0 Å². The number of para-hydroxylation sites is 2. The second kappa shape index (κ2) is 6.10. The highest BCUT2D eigenvalue weighted by Crippen LogP contribution is 2.17. The SMILES string of the molecule is CC[N+](CC)=c1c2ccccc2oc2ccccc12.[Cl-]. The summed E-state index contributed by atoms with van der Waals surface area (Å²) < 4.78 is 8.39. The monoisotopic (exact) mass is 287 g/mol. The minimum absolute atomic E-state index is 0. The van der Waals surface area contributed by atoms with Crippen molar-refractivity contribution >= 4 is 21.9 Å². The Bertz CT molecular complexity index is 742. The maximum atomic E-state index is 6.00. The standard InChI is InChI=1S/C17H18NO.ClH/c1-3-18(4-2)17-13-9-5-7-11-15(13)19-16-12-8-6-10-14(16)17;/h5-12H,3-4H2,1-2H3;1H/q+1;/p-1. The van der Waals surface area contributed by atoms with Crippen molar-refractivity contribution in [2.75, 3.05) is 13.1 Å². The van der Waals surface area contributed by atoms with E-state index in [1.165, 1.54) is 16.1 Å². The fourth-order valence-electron chi connectivity index (χ4n) is 2.65. The van der Waals surface area contributed by atoms with Crippen molar-refractivity contribution < 1.29 is 16.8 Å². The van der Waals surface area contributed by atoms with Crippen LogP contribution < -0.4 is 22.3 Å². The molecule has 3 rings (SSSR count). The summed E-state index contributed by atoms with van der Waals surface area (Å²) in [6.45, 7) is 6.37. The van der Waals surface area contributed by atoms with Gasteiger partial charge in [0.25, 0.3) is 0 Å². The Morgan fingerprint density at radius 2 is 1.25 bits per heavy atom. The average molecular weight is 288 g/mol. The van der Waals surface area contributed by atoms with Crippen LogP contribution in [0.4, 0.5) is 0 Å². The number of hydrogen-bond acceptors (Lipinski definition) is 1. The van der Waals surface area contributed by atoms with Crippen LogP contribution in [0.5, 0.6) is 0 Å². The second-order valence-corrected chi connectivity index (χ2v) is 4.62. The van der Waals surface area contributed by atoms with Crippen molar-refractivity contribution in [3.05, 3.63) is 53.9 Å². The summed E-state index contributed by atoms with van der Waals surface area (Å²) in [6, 6.07) is 16.5. The van der Waals surface area contributed by atoms with Crippen LogP contribution in [-0.4, -0.2) is 13.1 Å². The van der Waals surface area contributed by atoms with E-state index in [0.717, 1.165) is 24.3 Å². The van der Waals surface area contributed by atoms with E-state index in [-0.39, 0.29) is 12.4 Å². The Hall–Kier alpha value is -1.80. The molecule has 0 aliphatic carbocycles. The van der Waals surface area contributed by atoms with Gasteiger partial charge in [-0.05, 0) is 38.1 Å². The van der Waals surface area contributed by atoms with Crippen LogP contribution in [0, 0.1) is 0 Å². The summed E-state index contributed by atoms with van der Waals surface area (Å²) in [5.74, 6) is 0. The van der Waals surface area contributed by atoms with E-state index in [2.05, 4.69) is 42.7 Å². The van der Waals surface area contributed by atoms with E-state index < -0.39 is 0 Å². The fraction of sp³-hybridized carbons (Fsp3) is 0.235. The predicted molar refractivity (Wildman–Crippen MR) is 80.1 cm³/mol. The van der Waals surface area contributed by atoms with E-state index in [0.29, 0.717) is 0 Å². The minimum atomic E-state index is 0. The third-order valence-corrected chi connectivity index (χ3v) is 3.58. The van der Waals surface area contributed by atoms with Crippen molar-refractivity contribution in [2.45, 2.75) is 13.8 Å². The van der Waals surface area contributed by atoms with Crippen LogP contribution in [0.2, 0.25) is 0 Å². The molecule has 3 aromatic rings. The van der Waals surface area contributed by atoms with Gasteiger partial charge >= 0.3 is 0 Å². The van der Waals surface area contributed by atoms with E-state index in [1.54, 1.807) is 0 Å². The Kier molecular flexibility index (Phi) is 4.46. The molecule has 104 valence electrons. The van der Waals surface area contributed by atoms with Gasteiger partial charge in [-0.15, -0.1) is 0 Å². The van der Waals surface area contributed by atoms with E-state index in [1.807, 2.05) is 24.3 Å². The van der Waals surface area contributed by atoms with Crippen molar-refractivity contribution in [3.8, 4) is 0 Å². The molecule has 0 aliphatic rings. The molecule has 0 fully saturated rings. The maximum Gasteiger partial charge on any atom is 0.222 e. The van der Waals surface area contributed by atoms with E-state index >= 15 is 0 Å². The van der Waals surface area contributed by atoms with Crippen LogP contribution in [0.25, 0.3) is 21.9 Å². The van der Waals surface area contributed by atoms with Gasteiger partial charge in [0.2, 0.25) is 5.36 Å². The molecule has 0 unspecified atom stereocenters. The smallest absolute Gasteiger partial charge is 0.222 e. The third-order valence-electron chi connectivity index (χ3n) is 3.58. The molecule has 0 aliphatic heterocycles. The van der Waals surface area contributed by atoms with Crippen LogP contribution in [0.1, 0.15) is 13.8 Å². The van der Waals surface area contributed by atoms with Gasteiger partial charge in [-0.1, -0.05) is 24.3 Å². The van der Waals surface area contributed by atoms with E-state index in [9.17, 15) is 0 Å². The summed E-state index contributed by atoms with van der Waals surface area (Å²) in [5.41, 5.74) is 1.89. The molecular weight excluding hydrogens is 270 g/mol. The summed E-state index contributed by atoms with van der Waals surface area (Å²) in [6.07, 6.45) is 0. The van der Waals surface area contributed by atoms with Gasteiger partial charge in [-0.3, -0.25) is 0 Å². The molecule has 0 N–H and O–H groups in total. The Labute approximate surface area is 124 Å². The van der Waals surface area contributed by atoms with Crippen molar-refractivity contribution in [1.29, 1.82) is 0 Å². The molecule has 0 saturated heterocycles. The van der Waals surface area contributed by atoms with Crippen molar-refractivity contribution in [1.82, 2.24) is 4.58 Å². The number of rotatable bonds is 2. The summed E-state index contributed by atoms with van der Waals surface area (Å²) in [4.78, 5) is 0. The molecule has 1 aromatic heterocycles. The van der Waals surface area contributed by atoms with Crippen LogP contribution in [-0.2, 0) is 0 Å². The predicted octanol–water partition coefficient (Wildman–Crippen LogP) is 0.402. The van der Waals surface area contributed by atoms with E-state index in [4.69, 9.17) is 4.42 Å². The summed E-state index contributed by atoms with van der Waals surface area (Å²) >= 11 is 0. The third kappa shape index (κ3) is 2.32. The minimum Gasteiger partial charge on any atom is -1.00 e. The number of hydrogen-bond donors (Lipinski definition) is 0. The summed E-state index contributed by atoms with van der Waals surface area (Å²) in [5, 5.41) is 3.65. The lowest BCUT2D eigenvalue weighted by atomic mass is 10.1. The highest BCUT2D eigenvalue weighted by atomic mass is 35.5. The zero-order valence-corrected chi connectivity index (χ0v) is 12.5. The van der Waals surface area contributed by atoms with Gasteiger partial charge in [0, 0.05) is 0 Å². The van der Waals surface area contributed by atoms with Gasteiger partial charge < -0.3 is 16.8 Å². The normalized spacial score (nSPS) is 10.5. The molecule has 20 heavy (non-hydrogen) atoms. The second-order valence-electron chi connectivity index (χ2n) is 4.62. The van der Waals surface area contributed by atoms with Gasteiger partial charge in [-0.25, -0.2) is 4.58 Å². The van der Waals surface area contributed by atoms with Crippen LogP contribution >= 0.6 is 0 Å². The zero-order valence-electron chi connectivity index (χ0n) is 11.8. The number of halogens is 1. The van der Waals surface area contributed by atoms with Gasteiger partial charge in [-0.2, -0.15) is 0 Å². The Balaban J connectivity index is 0.00000147. The Morgan fingerprint density at radius 1 is 0.800 bits per heavy atom. The first kappa shape index (κ1) is 14.6. The molecule has 0 spiro atoms. The number of nitrogens with zero attached hydrogens (tertiary/aromatic N) is 1. The van der Waals surface area contributed by atoms with Gasteiger partial charge in [0.1, 0.15) is 24.3 Å². The fourth-order valence-corrected chi connectivity index (χ4v) is 2.65. The Morgan fingerprint density at radius 3 is 1.70 bits per heavy atom. The molecule has 0 atom stereocenters. The molecule has 0 radical (unpaired) electrons. The lowest BCUT2D eigenvalue weighted by molar-refractivity contribution is -0.00000436. The molecule has 0 amide bonds. The quantitative estimate of drug-likeness (QED) is 0.492. The molecule has 0 bridgehead atoms. The first-order chi connectivity index (χ1) is 9.35. The number of fused-ring (bicyclic) bond motifs is 2. The first-order valence-electron chi connectivity index (χ1n) is 6.83. The molecular formula is C17H18ClNO. The molecule has 2 nitrogen and oxygen atoms in total. The van der Waals surface area contributed by atoms with Crippen LogP contribution in [0.3, 0.4) is 0 Å². The lowest BCUT2D eigenvalue weighted by Gasteiger charge is -2.04. The topological polar surface area (TPSA) is 16.1 Å². The lowest BCUT2D eigenvalue weighted by Crippen LogP contribution is -3.00. The molecule has 1 heterocycles. The molecule has 2 aromatic carbocycles. The summed E-state index contributed by atoms with van der Waals surface area (Å²) in [7, 11) is 0. The highest BCUT2D eigenvalue weighted by molar-refractivity contribution is 5.89. The maximum absolute atomic E-state index is 6.00. The average Bonchev–Trinajstić information content (AvgIpc) is 2.47. The van der Waals surface area contributed by atoms with Crippen molar-refractivity contribution in [3.63, 3.8) is 0 Å². The molecule has 3 heteroatoms. The van der Waals surface area contributed by atoms with Crippen LogP contribution in [0.15, 0.2) is 52.9 Å². The van der Waals surface area contributed by atoms with Gasteiger partial charge in [0.05, 0.1) is 10.8 Å². The van der Waals surface area contributed by atoms with Gasteiger partial charge in [0.15, 0.2) is 0 Å². The highest BCUT2D eigenvalue weighted by Gasteiger charge is 2.12. The zero-order chi connectivity index (χ0) is 13.2.